The highest BCUT2D eigenvalue weighted by molar-refractivity contribution is 7.89. The van der Waals surface area contributed by atoms with Crippen molar-refractivity contribution in [3.63, 3.8) is 0 Å². The summed E-state index contributed by atoms with van der Waals surface area (Å²) in [5, 5.41) is 14.9. The number of carboxylic acid groups (broad SMARTS) is 1. The first-order valence-electron chi connectivity index (χ1n) is 6.03. The van der Waals surface area contributed by atoms with Gasteiger partial charge in [0.2, 0.25) is 10.0 Å². The SMILES string of the molecule is Cc1nn(C)cc1S(=O)(=O)N1CCC[C@@H](C(=O)[O-])C1. The average molecular weight is 286 g/mol. The molecule has 1 aromatic rings. The van der Waals surface area contributed by atoms with Crippen LogP contribution in [0.4, 0.5) is 0 Å². The summed E-state index contributed by atoms with van der Waals surface area (Å²) in [6.07, 6.45) is 2.42. The molecule has 19 heavy (non-hydrogen) atoms. The summed E-state index contributed by atoms with van der Waals surface area (Å²) >= 11 is 0. The molecule has 1 aromatic heterocycles. The molecule has 106 valence electrons. The number of aliphatic carboxylic acids is 1. The van der Waals surface area contributed by atoms with E-state index in [4.69, 9.17) is 0 Å². The number of carbonyl (C=O) groups excluding carboxylic acids is 1. The van der Waals surface area contributed by atoms with Crippen molar-refractivity contribution in [3.8, 4) is 0 Å². The second-order valence-electron chi connectivity index (χ2n) is 4.77. The molecule has 2 heterocycles. The zero-order valence-electron chi connectivity index (χ0n) is 10.9. The molecule has 0 amide bonds. The van der Waals surface area contributed by atoms with Gasteiger partial charge in [0, 0.05) is 38.2 Å². The van der Waals surface area contributed by atoms with Crippen LogP contribution in [0.3, 0.4) is 0 Å². The molecule has 0 aromatic carbocycles. The lowest BCUT2D eigenvalue weighted by molar-refractivity contribution is -0.312. The number of nitrogens with zero attached hydrogens (tertiary/aromatic N) is 3. The number of piperidine rings is 1. The minimum atomic E-state index is -3.68. The van der Waals surface area contributed by atoms with E-state index in [1.165, 1.54) is 15.2 Å². The Morgan fingerprint density at radius 1 is 1.53 bits per heavy atom. The number of sulfonamides is 1. The first-order valence-corrected chi connectivity index (χ1v) is 7.47. The predicted octanol–water partition coefficient (Wildman–Crippen LogP) is -1.12. The maximum atomic E-state index is 12.4. The maximum Gasteiger partial charge on any atom is 0.246 e. The lowest BCUT2D eigenvalue weighted by Crippen LogP contribution is -2.46. The van der Waals surface area contributed by atoms with Gasteiger partial charge in [0.25, 0.3) is 0 Å². The highest BCUT2D eigenvalue weighted by Crippen LogP contribution is 2.24. The molecule has 1 aliphatic heterocycles. The zero-order valence-corrected chi connectivity index (χ0v) is 11.7. The van der Waals surface area contributed by atoms with E-state index in [-0.39, 0.29) is 11.4 Å². The molecule has 7 nitrogen and oxygen atoms in total. The highest BCUT2D eigenvalue weighted by atomic mass is 32.2. The standard InChI is InChI=1S/C11H17N3O4S/c1-8-10(7-13(2)12-8)19(17,18)14-5-3-4-9(6-14)11(15)16/h7,9H,3-6H2,1-2H3,(H,15,16)/p-1/t9-/m1/s1. The van der Waals surface area contributed by atoms with Crippen LogP contribution >= 0.6 is 0 Å². The molecule has 1 fully saturated rings. The van der Waals surface area contributed by atoms with Crippen LogP contribution in [0, 0.1) is 12.8 Å². The monoisotopic (exact) mass is 286 g/mol. The van der Waals surface area contributed by atoms with Crippen molar-refractivity contribution in [1.29, 1.82) is 0 Å². The van der Waals surface area contributed by atoms with E-state index in [1.54, 1.807) is 14.0 Å². The van der Waals surface area contributed by atoms with E-state index < -0.39 is 21.9 Å². The van der Waals surface area contributed by atoms with Gasteiger partial charge in [0.15, 0.2) is 0 Å². The van der Waals surface area contributed by atoms with Crippen molar-refractivity contribution in [2.24, 2.45) is 13.0 Å². The Balaban J connectivity index is 2.29. The molecule has 2 rings (SSSR count). The maximum absolute atomic E-state index is 12.4. The Morgan fingerprint density at radius 2 is 2.21 bits per heavy atom. The third-order valence-corrected chi connectivity index (χ3v) is 5.27. The first kappa shape index (κ1) is 14.0. The molecule has 0 bridgehead atoms. The van der Waals surface area contributed by atoms with Crippen molar-refractivity contribution in [2.45, 2.75) is 24.7 Å². The predicted molar refractivity (Wildman–Crippen MR) is 64.4 cm³/mol. The summed E-state index contributed by atoms with van der Waals surface area (Å²) in [5.74, 6) is -1.93. The molecule has 0 spiro atoms. The minimum absolute atomic E-state index is 0.0288. The topological polar surface area (TPSA) is 95.3 Å². The van der Waals surface area contributed by atoms with Gasteiger partial charge in [-0.3, -0.25) is 4.68 Å². The fourth-order valence-electron chi connectivity index (χ4n) is 2.32. The highest BCUT2D eigenvalue weighted by Gasteiger charge is 2.32. The van der Waals surface area contributed by atoms with E-state index in [0.29, 0.717) is 25.1 Å². The van der Waals surface area contributed by atoms with Crippen molar-refractivity contribution < 1.29 is 18.3 Å². The Kier molecular flexibility index (Phi) is 3.64. The van der Waals surface area contributed by atoms with Gasteiger partial charge in [-0.2, -0.15) is 9.40 Å². The van der Waals surface area contributed by atoms with Crippen LogP contribution < -0.4 is 5.11 Å². The Hall–Kier alpha value is -1.41. The van der Waals surface area contributed by atoms with Gasteiger partial charge in [-0.1, -0.05) is 0 Å². The van der Waals surface area contributed by atoms with E-state index in [1.807, 2.05) is 0 Å². The van der Waals surface area contributed by atoms with Gasteiger partial charge < -0.3 is 9.90 Å². The molecule has 1 atom stereocenters. The van der Waals surface area contributed by atoms with Crippen LogP contribution in [-0.4, -0.2) is 41.6 Å². The summed E-state index contributed by atoms with van der Waals surface area (Å²) < 4.78 is 27.5. The molecule has 8 heteroatoms. The molecular formula is C11H16N3O4S-. The first-order chi connectivity index (χ1) is 8.82. The van der Waals surface area contributed by atoms with E-state index in [9.17, 15) is 18.3 Å². The van der Waals surface area contributed by atoms with Crippen molar-refractivity contribution >= 4 is 16.0 Å². The summed E-state index contributed by atoms with van der Waals surface area (Å²) in [6, 6.07) is 0. The number of hydrogen-bond donors (Lipinski definition) is 0. The molecule has 0 aliphatic carbocycles. The van der Waals surface area contributed by atoms with Gasteiger partial charge >= 0.3 is 0 Å². The summed E-state index contributed by atoms with van der Waals surface area (Å²) in [7, 11) is -2.03. The number of aromatic nitrogens is 2. The van der Waals surface area contributed by atoms with Crippen molar-refractivity contribution in [2.75, 3.05) is 13.1 Å². The third kappa shape index (κ3) is 2.64. The van der Waals surface area contributed by atoms with Crippen LogP contribution in [0.1, 0.15) is 18.5 Å². The van der Waals surface area contributed by atoms with Crippen LogP contribution in [0.25, 0.3) is 0 Å². The number of hydrogen-bond acceptors (Lipinski definition) is 5. The van der Waals surface area contributed by atoms with Crippen LogP contribution in [-0.2, 0) is 21.9 Å². The van der Waals surface area contributed by atoms with Crippen LogP contribution in [0.15, 0.2) is 11.1 Å². The number of carbonyl (C=O) groups is 1. The fourth-order valence-corrected chi connectivity index (χ4v) is 4.05. The lowest BCUT2D eigenvalue weighted by atomic mass is 10.0. The number of carboxylic acids is 1. The molecule has 1 saturated heterocycles. The smallest absolute Gasteiger partial charge is 0.246 e. The quantitative estimate of drug-likeness (QED) is 0.701. The molecular weight excluding hydrogens is 270 g/mol. The van der Waals surface area contributed by atoms with E-state index >= 15 is 0 Å². The van der Waals surface area contributed by atoms with E-state index in [2.05, 4.69) is 5.10 Å². The second-order valence-corrected chi connectivity index (χ2v) is 6.68. The van der Waals surface area contributed by atoms with Crippen LogP contribution in [0.2, 0.25) is 0 Å². The average Bonchev–Trinajstić information content (AvgIpc) is 2.69. The molecule has 1 aliphatic rings. The van der Waals surface area contributed by atoms with E-state index in [0.717, 1.165) is 0 Å². The fraction of sp³-hybridized carbons (Fsp3) is 0.636. The Labute approximate surface area is 111 Å². The molecule has 0 radical (unpaired) electrons. The van der Waals surface area contributed by atoms with Crippen molar-refractivity contribution in [1.82, 2.24) is 14.1 Å². The Bertz CT molecular complexity index is 593. The van der Waals surface area contributed by atoms with Gasteiger partial charge in [0.05, 0.1) is 5.69 Å². The summed E-state index contributed by atoms with van der Waals surface area (Å²) in [6.45, 7) is 1.92. The number of rotatable bonds is 3. The lowest BCUT2D eigenvalue weighted by Gasteiger charge is -2.32. The molecule has 0 unspecified atom stereocenters. The van der Waals surface area contributed by atoms with Gasteiger partial charge in [-0.05, 0) is 19.8 Å². The number of aryl methyl sites for hydroxylation is 2. The Morgan fingerprint density at radius 3 is 2.74 bits per heavy atom. The zero-order chi connectivity index (χ0) is 14.2. The third-order valence-electron chi connectivity index (χ3n) is 3.30. The van der Waals surface area contributed by atoms with Gasteiger partial charge in [-0.15, -0.1) is 0 Å². The van der Waals surface area contributed by atoms with Gasteiger partial charge in [0.1, 0.15) is 4.90 Å². The minimum Gasteiger partial charge on any atom is -0.550 e. The summed E-state index contributed by atoms with van der Waals surface area (Å²) in [5.41, 5.74) is 0.415. The normalized spacial score (nSPS) is 21.5. The van der Waals surface area contributed by atoms with Crippen LogP contribution in [0.5, 0.6) is 0 Å². The van der Waals surface area contributed by atoms with Gasteiger partial charge in [-0.25, -0.2) is 8.42 Å². The molecule has 0 N–H and O–H groups in total. The summed E-state index contributed by atoms with van der Waals surface area (Å²) in [4.78, 5) is 11.0. The molecule has 0 saturated carbocycles. The largest absolute Gasteiger partial charge is 0.550 e. The second kappa shape index (κ2) is 4.93. The van der Waals surface area contributed by atoms with Crippen molar-refractivity contribution in [3.05, 3.63) is 11.9 Å².